The quantitative estimate of drug-likeness (QED) is 0.0531. The van der Waals surface area contributed by atoms with Crippen LogP contribution in [-0.2, 0) is 0 Å². The van der Waals surface area contributed by atoms with Crippen molar-refractivity contribution in [3.05, 3.63) is 88.0 Å². The van der Waals surface area contributed by atoms with Crippen molar-refractivity contribution < 1.29 is 9.59 Å². The van der Waals surface area contributed by atoms with E-state index in [4.69, 9.17) is 50.3 Å². The van der Waals surface area contributed by atoms with E-state index in [0.717, 1.165) is 0 Å². The number of amides is 2. The van der Waals surface area contributed by atoms with E-state index >= 15 is 0 Å². The molecule has 2 amide bonds. The minimum Gasteiger partial charge on any atom is -0.399 e. The molecule has 3 rings (SSSR count). The van der Waals surface area contributed by atoms with Crippen molar-refractivity contribution in [3.8, 4) is 0 Å². The number of hydrazone groups is 4. The van der Waals surface area contributed by atoms with Gasteiger partial charge in [0.1, 0.15) is 0 Å². The van der Waals surface area contributed by atoms with Crippen LogP contribution in [0.4, 0.5) is 17.1 Å². The van der Waals surface area contributed by atoms with E-state index in [1.165, 1.54) is 18.2 Å². The summed E-state index contributed by atoms with van der Waals surface area (Å²) in [4.78, 5) is 27.2. The first-order chi connectivity index (χ1) is 24.9. The highest BCUT2D eigenvalue weighted by Crippen LogP contribution is 2.22. The largest absolute Gasteiger partial charge is 0.399 e. The molecule has 0 heterocycles. The molecule has 0 aliphatic heterocycles. The summed E-state index contributed by atoms with van der Waals surface area (Å²) in [5.74, 6) is -2.68. The molecule has 53 heavy (non-hydrogen) atoms. The Hall–Kier alpha value is -7.84. The summed E-state index contributed by atoms with van der Waals surface area (Å²) in [6.45, 7) is 6.65. The van der Waals surface area contributed by atoms with Crippen LogP contribution >= 0.6 is 0 Å². The normalized spacial score (nSPS) is 11.9. The number of carbonyl (C=O) groups is 2. The summed E-state index contributed by atoms with van der Waals surface area (Å²) in [6, 6.07) is 14.2. The summed E-state index contributed by atoms with van der Waals surface area (Å²) in [6.07, 6.45) is 0. The highest BCUT2D eigenvalue weighted by molar-refractivity contribution is 6.12. The summed E-state index contributed by atoms with van der Waals surface area (Å²) in [7, 11) is 0. The van der Waals surface area contributed by atoms with Crippen LogP contribution in [0.1, 0.15) is 70.7 Å². The lowest BCUT2D eigenvalue weighted by Gasteiger charge is -2.14. The molecule has 0 unspecified atom stereocenters. The van der Waals surface area contributed by atoms with E-state index in [2.05, 4.69) is 52.7 Å². The van der Waals surface area contributed by atoms with Gasteiger partial charge in [-0.1, -0.05) is 0 Å². The van der Waals surface area contributed by atoms with Gasteiger partial charge in [0.15, 0.2) is 0 Å². The maximum atomic E-state index is 13.6. The van der Waals surface area contributed by atoms with E-state index < -0.39 is 11.8 Å². The topological polar surface area (TPSA) is 381 Å². The predicted molar refractivity (Wildman–Crippen MR) is 209 cm³/mol. The van der Waals surface area contributed by atoms with Gasteiger partial charge in [-0.15, -0.1) is 0 Å². The second-order valence-electron chi connectivity index (χ2n) is 11.2. The van der Waals surface area contributed by atoms with E-state index in [-0.39, 0.29) is 40.7 Å². The molecule has 20 N–H and O–H groups in total. The average molecular weight is 724 g/mol. The smallest absolute Gasteiger partial charge is 0.255 e. The van der Waals surface area contributed by atoms with E-state index in [1.54, 1.807) is 64.1 Å². The van der Waals surface area contributed by atoms with Crippen molar-refractivity contribution in [2.45, 2.75) is 27.7 Å². The van der Waals surface area contributed by atoms with Gasteiger partial charge in [-0.25, -0.2) is 21.7 Å². The Morgan fingerprint density at radius 1 is 0.453 bits per heavy atom. The zero-order valence-corrected chi connectivity index (χ0v) is 29.2. The van der Waals surface area contributed by atoms with E-state index in [1.807, 2.05) is 0 Å². The van der Waals surface area contributed by atoms with Gasteiger partial charge < -0.3 is 39.3 Å². The third-order valence-corrected chi connectivity index (χ3v) is 6.91. The van der Waals surface area contributed by atoms with Crippen molar-refractivity contribution >= 4 is 75.6 Å². The standard InChI is InChI=1S/C32H41N19O2/c1-14(44-48-29(34)35)18-5-19(15(2)45-49-30(36)37)11-25(10-18)42-27(52)22-7-23(9-24(33)8-22)28(53)43-26-12-20(16(3)46-50-31(38)39)6-21(13-26)17(4)47-51-32(40)41/h5-13H,33H2,1-4H3,(H,42,52)(H,43,53)(H4,34,35,48)(H4,36,37,49)(H4,38,39,50)(H4,40,41,51)/b44-14-,45-15-,46-16-,47-17+. The lowest BCUT2D eigenvalue weighted by Crippen LogP contribution is -2.27. The molecule has 21 heteroatoms. The molecule has 0 aliphatic carbocycles. The first-order valence-electron chi connectivity index (χ1n) is 15.3. The van der Waals surface area contributed by atoms with Crippen LogP contribution in [0.3, 0.4) is 0 Å². The third kappa shape index (κ3) is 12.2. The maximum absolute atomic E-state index is 13.6. The van der Waals surface area contributed by atoms with Crippen molar-refractivity contribution in [2.75, 3.05) is 16.4 Å². The Morgan fingerprint density at radius 2 is 0.698 bits per heavy atom. The number of carbonyl (C=O) groups excluding carboxylic acids is 2. The third-order valence-electron chi connectivity index (χ3n) is 6.91. The Balaban J connectivity index is 1.99. The minimum absolute atomic E-state index is 0.0698. The SMILES string of the molecule is C/C(=N/NC(=N)N)c1cc(NC(=O)c2cc(N)cc(C(=O)Nc3cc(/C(C)=N\NC(=N)N)cc(/C(C)=N/NC(=N)N)c3)c2)cc(/C(C)=N\NC(=N)N)c1. The summed E-state index contributed by atoms with van der Waals surface area (Å²) >= 11 is 0. The number of anilines is 3. The van der Waals surface area contributed by atoms with Gasteiger partial charge in [0.25, 0.3) is 11.8 Å². The number of nitrogens with one attached hydrogen (secondary N) is 10. The molecule has 3 aromatic carbocycles. The van der Waals surface area contributed by atoms with Crippen molar-refractivity contribution in [1.82, 2.24) is 21.7 Å². The zero-order chi connectivity index (χ0) is 39.4. The summed E-state index contributed by atoms with van der Waals surface area (Å²) < 4.78 is 0. The van der Waals surface area contributed by atoms with Crippen LogP contribution in [0.25, 0.3) is 0 Å². The molecule has 0 radical (unpaired) electrons. The van der Waals surface area contributed by atoms with Gasteiger partial charge in [0.2, 0.25) is 23.8 Å². The van der Waals surface area contributed by atoms with Crippen LogP contribution in [0, 0.1) is 21.6 Å². The van der Waals surface area contributed by atoms with Crippen LogP contribution in [0.2, 0.25) is 0 Å². The lowest BCUT2D eigenvalue weighted by atomic mass is 10.0. The molecule has 3 aromatic rings. The highest BCUT2D eigenvalue weighted by Gasteiger charge is 2.16. The van der Waals surface area contributed by atoms with Gasteiger partial charge in [0, 0.05) is 50.4 Å². The molecular weight excluding hydrogens is 682 g/mol. The second kappa shape index (κ2) is 17.7. The van der Waals surface area contributed by atoms with Gasteiger partial charge in [-0.3, -0.25) is 31.2 Å². The van der Waals surface area contributed by atoms with Crippen LogP contribution in [-0.4, -0.2) is 58.5 Å². The summed E-state index contributed by atoms with van der Waals surface area (Å²) in [5, 5.41) is 51.5. The molecule has 21 nitrogen and oxygen atoms in total. The molecular formula is C32H41N19O2. The van der Waals surface area contributed by atoms with Gasteiger partial charge in [0.05, 0.1) is 22.8 Å². The lowest BCUT2D eigenvalue weighted by molar-refractivity contribution is 0.102. The molecule has 0 atom stereocenters. The molecule has 0 saturated heterocycles. The minimum atomic E-state index is -0.596. The molecule has 0 spiro atoms. The summed E-state index contributed by atoms with van der Waals surface area (Å²) in [5.41, 5.74) is 41.9. The average Bonchev–Trinajstić information content (AvgIpc) is 3.09. The molecule has 0 saturated carbocycles. The van der Waals surface area contributed by atoms with Gasteiger partial charge in [-0.2, -0.15) is 20.4 Å². The Bertz CT molecular complexity index is 1850. The molecule has 0 bridgehead atoms. The number of nitrogens with zero attached hydrogens (tertiary/aromatic N) is 4. The monoisotopic (exact) mass is 723 g/mol. The van der Waals surface area contributed by atoms with Gasteiger partial charge in [-0.05, 0) is 82.3 Å². The first-order valence-corrected chi connectivity index (χ1v) is 15.3. The van der Waals surface area contributed by atoms with Crippen LogP contribution in [0.5, 0.6) is 0 Å². The number of hydrogen-bond donors (Lipinski definition) is 15. The first kappa shape index (κ1) is 39.6. The van der Waals surface area contributed by atoms with Crippen molar-refractivity contribution in [1.29, 1.82) is 21.6 Å². The van der Waals surface area contributed by atoms with E-state index in [0.29, 0.717) is 56.5 Å². The molecule has 0 fully saturated rings. The maximum Gasteiger partial charge on any atom is 0.255 e. The molecule has 0 aromatic heterocycles. The fourth-order valence-corrected chi connectivity index (χ4v) is 4.39. The highest BCUT2D eigenvalue weighted by atomic mass is 16.2. The number of rotatable bonds is 12. The number of nitrogens with two attached hydrogens (primary N) is 5. The fraction of sp³-hybridized carbons (Fsp3) is 0.125. The van der Waals surface area contributed by atoms with Crippen LogP contribution in [0.15, 0.2) is 75.0 Å². The molecule has 0 aliphatic rings. The van der Waals surface area contributed by atoms with Crippen LogP contribution < -0.4 is 61.0 Å². The van der Waals surface area contributed by atoms with E-state index in [9.17, 15) is 9.59 Å². The van der Waals surface area contributed by atoms with Gasteiger partial charge >= 0.3 is 0 Å². The number of nitrogen functional groups attached to an aromatic ring is 1. The Labute approximate surface area is 303 Å². The number of hydrogen-bond acceptors (Lipinski definition) is 11. The second-order valence-corrected chi connectivity index (χ2v) is 11.2. The van der Waals surface area contributed by atoms with Crippen molar-refractivity contribution in [3.63, 3.8) is 0 Å². The predicted octanol–water partition coefficient (Wildman–Crippen LogP) is 0.602. The Morgan fingerprint density at radius 3 is 0.943 bits per heavy atom. The Kier molecular flexibility index (Phi) is 13.2. The van der Waals surface area contributed by atoms with Crippen molar-refractivity contribution in [2.24, 2.45) is 43.3 Å². The molecule has 276 valence electrons. The zero-order valence-electron chi connectivity index (χ0n) is 29.2. The number of benzene rings is 3. The fourth-order valence-electron chi connectivity index (χ4n) is 4.39. The number of guanidine groups is 4.